The molecule has 34 heavy (non-hydrogen) atoms. The summed E-state index contributed by atoms with van der Waals surface area (Å²) < 4.78 is 5.84. The van der Waals surface area contributed by atoms with Gasteiger partial charge in [-0.05, 0) is 44.4 Å². The number of H-pyrrole nitrogens is 1. The van der Waals surface area contributed by atoms with Gasteiger partial charge in [-0.15, -0.1) is 0 Å². The van der Waals surface area contributed by atoms with E-state index in [1.54, 1.807) is 0 Å². The van der Waals surface area contributed by atoms with Crippen molar-refractivity contribution < 1.29 is 14.3 Å². The van der Waals surface area contributed by atoms with E-state index < -0.39 is 0 Å². The Morgan fingerprint density at radius 2 is 2.15 bits per heavy atom. The lowest BCUT2D eigenvalue weighted by molar-refractivity contribution is 0.0651. The molecule has 0 spiro atoms. The van der Waals surface area contributed by atoms with Gasteiger partial charge in [0.25, 0.3) is 11.8 Å². The highest BCUT2D eigenvalue weighted by atomic mass is 32.1. The molecule has 2 fully saturated rings. The van der Waals surface area contributed by atoms with Gasteiger partial charge in [-0.1, -0.05) is 17.4 Å². The molecule has 0 unspecified atom stereocenters. The van der Waals surface area contributed by atoms with Crippen molar-refractivity contribution in [2.45, 2.75) is 44.7 Å². The summed E-state index contributed by atoms with van der Waals surface area (Å²) in [6.45, 7) is 7.77. The van der Waals surface area contributed by atoms with Crippen molar-refractivity contribution in [3.8, 4) is 0 Å². The first-order valence-corrected chi connectivity index (χ1v) is 12.8. The van der Waals surface area contributed by atoms with Gasteiger partial charge in [0.2, 0.25) is 0 Å². The van der Waals surface area contributed by atoms with E-state index in [1.165, 1.54) is 16.9 Å². The molecule has 2 amide bonds. The predicted molar refractivity (Wildman–Crippen MR) is 132 cm³/mol. The summed E-state index contributed by atoms with van der Waals surface area (Å²) in [5, 5.41) is 5.11. The third-order valence-electron chi connectivity index (χ3n) is 7.04. The maximum atomic E-state index is 12.6. The van der Waals surface area contributed by atoms with Gasteiger partial charge in [-0.3, -0.25) is 9.59 Å². The van der Waals surface area contributed by atoms with Gasteiger partial charge in [0.05, 0.1) is 24.9 Å². The summed E-state index contributed by atoms with van der Waals surface area (Å²) in [4.78, 5) is 38.4. The van der Waals surface area contributed by atoms with Crippen molar-refractivity contribution in [1.82, 2.24) is 20.2 Å². The number of nitrogens with one attached hydrogen (secondary N) is 2. The molecule has 1 atom stereocenters. The average molecular weight is 480 g/mol. The second kappa shape index (κ2) is 8.09. The number of morpholine rings is 1. The molecule has 2 saturated heterocycles. The number of rotatable bonds is 4. The molecular formula is C25H29N5O3S. The number of ether oxygens (including phenoxy) is 1. The van der Waals surface area contributed by atoms with Crippen molar-refractivity contribution in [3.63, 3.8) is 0 Å². The van der Waals surface area contributed by atoms with Crippen molar-refractivity contribution in [2.24, 2.45) is 0 Å². The van der Waals surface area contributed by atoms with Gasteiger partial charge in [-0.2, -0.15) is 0 Å². The zero-order valence-corrected chi connectivity index (χ0v) is 20.3. The fraction of sp³-hybridized carbons (Fsp3) is 0.480. The van der Waals surface area contributed by atoms with Gasteiger partial charge < -0.3 is 24.8 Å². The monoisotopic (exact) mass is 479 g/mol. The molecule has 3 aliphatic rings. The molecule has 3 aliphatic heterocycles. The molecule has 5 heterocycles. The summed E-state index contributed by atoms with van der Waals surface area (Å²) in [6.07, 6.45) is 4.66. The fourth-order valence-corrected chi connectivity index (χ4v) is 6.18. The van der Waals surface area contributed by atoms with Gasteiger partial charge in [0.15, 0.2) is 5.13 Å². The maximum absolute atomic E-state index is 12.6. The van der Waals surface area contributed by atoms with Crippen LogP contribution in [0.25, 0.3) is 10.9 Å². The average Bonchev–Trinajstić information content (AvgIpc) is 3.36. The predicted octanol–water partition coefficient (Wildman–Crippen LogP) is 2.98. The van der Waals surface area contributed by atoms with Crippen molar-refractivity contribution >= 4 is 39.2 Å². The molecule has 2 N–H and O–H groups in total. The number of aromatic nitrogens is 2. The van der Waals surface area contributed by atoms with Crippen LogP contribution in [0.5, 0.6) is 0 Å². The highest BCUT2D eigenvalue weighted by molar-refractivity contribution is 7.17. The third kappa shape index (κ3) is 3.76. The van der Waals surface area contributed by atoms with Crippen LogP contribution >= 0.6 is 11.3 Å². The zero-order valence-electron chi connectivity index (χ0n) is 19.5. The molecule has 0 bridgehead atoms. The van der Waals surface area contributed by atoms with Crippen LogP contribution < -0.4 is 10.2 Å². The molecule has 2 aromatic heterocycles. The number of thiazole rings is 1. The lowest BCUT2D eigenvalue weighted by atomic mass is 9.94. The number of benzene rings is 1. The standard InChI is InChI=1S/C25H29N5O3S/c1-25(2)12-20-21(22(31)28-25)34-24(27-20)30-8-9-33-14-17(30)10-16-13-26-19-11-15(4-5-18(16)19)23(32)29-6-3-7-29/h4-5,11,13,17,26H,3,6-10,12,14H2,1-2H3,(H,28,31)/t17-/m0/s1. The molecular weight excluding hydrogens is 450 g/mol. The molecule has 178 valence electrons. The zero-order chi connectivity index (χ0) is 23.4. The second-order valence-electron chi connectivity index (χ2n) is 10.1. The van der Waals surface area contributed by atoms with E-state index in [4.69, 9.17) is 9.72 Å². The molecule has 0 aliphatic carbocycles. The van der Waals surface area contributed by atoms with Crippen molar-refractivity contribution in [2.75, 3.05) is 37.7 Å². The molecule has 3 aromatic rings. The Morgan fingerprint density at radius 3 is 2.94 bits per heavy atom. The quantitative estimate of drug-likeness (QED) is 0.601. The van der Waals surface area contributed by atoms with E-state index >= 15 is 0 Å². The lowest BCUT2D eigenvalue weighted by Crippen LogP contribution is -2.48. The Labute approximate surface area is 202 Å². The lowest BCUT2D eigenvalue weighted by Gasteiger charge is -2.35. The Morgan fingerprint density at radius 1 is 1.29 bits per heavy atom. The van der Waals surface area contributed by atoms with Gasteiger partial charge in [-0.25, -0.2) is 4.98 Å². The van der Waals surface area contributed by atoms with Gasteiger partial charge >= 0.3 is 0 Å². The number of anilines is 1. The third-order valence-corrected chi connectivity index (χ3v) is 8.17. The van der Waals surface area contributed by atoms with Crippen molar-refractivity contribution in [1.29, 1.82) is 0 Å². The molecule has 9 heteroatoms. The van der Waals surface area contributed by atoms with Crippen LogP contribution in [-0.4, -0.2) is 71.1 Å². The molecule has 0 saturated carbocycles. The van der Waals surface area contributed by atoms with E-state index in [2.05, 4.69) is 21.3 Å². The Balaban J connectivity index is 1.25. The van der Waals surface area contributed by atoms with Crippen LogP contribution in [0.2, 0.25) is 0 Å². The summed E-state index contributed by atoms with van der Waals surface area (Å²) in [7, 11) is 0. The van der Waals surface area contributed by atoms with E-state index in [0.717, 1.165) is 71.1 Å². The highest BCUT2D eigenvalue weighted by Crippen LogP contribution is 2.34. The van der Waals surface area contributed by atoms with E-state index in [0.29, 0.717) is 13.2 Å². The van der Waals surface area contributed by atoms with E-state index in [-0.39, 0.29) is 23.4 Å². The number of fused-ring (bicyclic) bond motifs is 2. The molecule has 0 radical (unpaired) electrons. The molecule has 8 nitrogen and oxygen atoms in total. The van der Waals surface area contributed by atoms with Crippen molar-refractivity contribution in [3.05, 3.63) is 46.1 Å². The minimum absolute atomic E-state index is 0.0278. The highest BCUT2D eigenvalue weighted by Gasteiger charge is 2.35. The van der Waals surface area contributed by atoms with E-state index in [1.807, 2.05) is 37.1 Å². The molecule has 6 rings (SSSR count). The number of hydrogen-bond donors (Lipinski definition) is 2. The minimum atomic E-state index is -0.278. The minimum Gasteiger partial charge on any atom is -0.377 e. The Kier molecular flexibility index (Phi) is 5.14. The van der Waals surface area contributed by atoms with Crippen LogP contribution in [0.4, 0.5) is 5.13 Å². The maximum Gasteiger partial charge on any atom is 0.263 e. The van der Waals surface area contributed by atoms with Gasteiger partial charge in [0.1, 0.15) is 4.88 Å². The van der Waals surface area contributed by atoms with Crippen LogP contribution in [0.15, 0.2) is 24.4 Å². The number of hydrogen-bond acceptors (Lipinski definition) is 6. The van der Waals surface area contributed by atoms with Crippen LogP contribution in [-0.2, 0) is 17.6 Å². The van der Waals surface area contributed by atoms with Gasteiger partial charge in [0, 0.05) is 54.3 Å². The first kappa shape index (κ1) is 21.6. The first-order chi connectivity index (χ1) is 16.4. The Hall–Kier alpha value is -2.91. The van der Waals surface area contributed by atoms with E-state index in [9.17, 15) is 9.59 Å². The second-order valence-corrected chi connectivity index (χ2v) is 11.1. The van der Waals surface area contributed by atoms with Crippen LogP contribution in [0.1, 0.15) is 51.6 Å². The Bertz CT molecular complexity index is 1270. The molecule has 1 aromatic carbocycles. The fourth-order valence-electron chi connectivity index (χ4n) is 5.11. The smallest absolute Gasteiger partial charge is 0.263 e. The SMILES string of the molecule is CC1(C)Cc2nc(N3CCOC[C@@H]3Cc3c[nH]c4cc(C(=O)N5CCC5)ccc34)sc2C(=O)N1. The number of aromatic amines is 1. The number of nitrogens with zero attached hydrogens (tertiary/aromatic N) is 3. The topological polar surface area (TPSA) is 90.6 Å². The number of carbonyl (C=O) groups excluding carboxylic acids is 2. The first-order valence-electron chi connectivity index (χ1n) is 11.9. The summed E-state index contributed by atoms with van der Waals surface area (Å²) >= 11 is 1.48. The summed E-state index contributed by atoms with van der Waals surface area (Å²) in [5.74, 6) is 0.0797. The summed E-state index contributed by atoms with van der Waals surface area (Å²) in [5.41, 5.74) is 3.52. The summed E-state index contributed by atoms with van der Waals surface area (Å²) in [6, 6.07) is 6.07. The number of carbonyl (C=O) groups is 2. The van der Waals surface area contributed by atoms with Crippen LogP contribution in [0, 0.1) is 0 Å². The van der Waals surface area contributed by atoms with Crippen LogP contribution in [0.3, 0.4) is 0 Å². The normalized spacial score (nSPS) is 21.8. The number of likely N-dealkylation sites (tertiary alicyclic amines) is 1. The number of amides is 2. The largest absolute Gasteiger partial charge is 0.377 e.